The zero-order valence-corrected chi connectivity index (χ0v) is 8.10. The Balaban J connectivity index is 2.56. The summed E-state index contributed by atoms with van der Waals surface area (Å²) in [5.41, 5.74) is 1.90. The monoisotopic (exact) mass is 194 g/mol. The van der Waals surface area contributed by atoms with E-state index in [0.717, 1.165) is 11.1 Å². The number of carbonyl (C=O) groups is 1. The fourth-order valence-corrected chi connectivity index (χ4v) is 1.22. The van der Waals surface area contributed by atoms with Gasteiger partial charge in [0.05, 0.1) is 6.10 Å². The molecule has 76 valence electrons. The molecule has 3 heteroatoms. The second-order valence-electron chi connectivity index (χ2n) is 3.36. The van der Waals surface area contributed by atoms with E-state index in [1.165, 1.54) is 0 Å². The number of aliphatic carboxylic acids is 1. The average Bonchev–Trinajstić information content (AvgIpc) is 2.15. The number of rotatable bonds is 4. The number of hydrogen-bond donors (Lipinski definition) is 2. The molecule has 0 saturated carbocycles. The van der Waals surface area contributed by atoms with Gasteiger partial charge in [0.2, 0.25) is 0 Å². The average molecular weight is 194 g/mol. The first-order valence-electron chi connectivity index (χ1n) is 4.56. The molecule has 14 heavy (non-hydrogen) atoms. The SMILES string of the molecule is Cc1ccc(C(O)CCC(=O)O)cc1. The first-order chi connectivity index (χ1) is 6.59. The summed E-state index contributed by atoms with van der Waals surface area (Å²) in [6, 6.07) is 7.45. The lowest BCUT2D eigenvalue weighted by atomic mass is 10.0. The molecule has 0 aliphatic carbocycles. The normalized spacial score (nSPS) is 12.4. The molecule has 0 spiro atoms. The minimum atomic E-state index is -0.879. The molecule has 0 bridgehead atoms. The number of carboxylic acids is 1. The van der Waals surface area contributed by atoms with Crippen molar-refractivity contribution in [3.63, 3.8) is 0 Å². The van der Waals surface area contributed by atoms with Gasteiger partial charge in [-0.2, -0.15) is 0 Å². The summed E-state index contributed by atoms with van der Waals surface area (Å²) in [7, 11) is 0. The van der Waals surface area contributed by atoms with Crippen molar-refractivity contribution in [2.45, 2.75) is 25.9 Å². The van der Waals surface area contributed by atoms with Gasteiger partial charge in [-0.15, -0.1) is 0 Å². The molecule has 2 N–H and O–H groups in total. The molecule has 0 fully saturated rings. The highest BCUT2D eigenvalue weighted by Gasteiger charge is 2.08. The maximum absolute atomic E-state index is 10.3. The molecule has 0 aliphatic heterocycles. The molecule has 3 nitrogen and oxygen atoms in total. The zero-order valence-electron chi connectivity index (χ0n) is 8.10. The van der Waals surface area contributed by atoms with E-state index >= 15 is 0 Å². The van der Waals surface area contributed by atoms with E-state index in [0.29, 0.717) is 0 Å². The van der Waals surface area contributed by atoms with Crippen LogP contribution in [0.5, 0.6) is 0 Å². The van der Waals surface area contributed by atoms with Crippen LogP contribution in [0.15, 0.2) is 24.3 Å². The van der Waals surface area contributed by atoms with Crippen molar-refractivity contribution in [1.29, 1.82) is 0 Å². The third kappa shape index (κ3) is 3.18. The van der Waals surface area contributed by atoms with Gasteiger partial charge in [-0.05, 0) is 18.9 Å². The van der Waals surface area contributed by atoms with Crippen LogP contribution in [-0.2, 0) is 4.79 Å². The molecule has 1 aromatic rings. The van der Waals surface area contributed by atoms with Gasteiger partial charge in [-0.25, -0.2) is 0 Å². The Bertz CT molecular complexity index is 303. The summed E-state index contributed by atoms with van der Waals surface area (Å²) in [4.78, 5) is 10.3. The van der Waals surface area contributed by atoms with Crippen molar-refractivity contribution in [3.8, 4) is 0 Å². The Hall–Kier alpha value is -1.35. The van der Waals surface area contributed by atoms with E-state index in [1.807, 2.05) is 31.2 Å². The fraction of sp³-hybridized carbons (Fsp3) is 0.364. The highest BCUT2D eigenvalue weighted by molar-refractivity contribution is 5.66. The Kier molecular flexibility index (Phi) is 3.65. The standard InChI is InChI=1S/C11H14O3/c1-8-2-4-9(5-3-8)10(12)6-7-11(13)14/h2-5,10,12H,6-7H2,1H3,(H,13,14). The van der Waals surface area contributed by atoms with Crippen LogP contribution >= 0.6 is 0 Å². The number of aliphatic hydroxyl groups is 1. The van der Waals surface area contributed by atoms with Gasteiger partial charge in [0.1, 0.15) is 0 Å². The summed E-state index contributed by atoms with van der Waals surface area (Å²) in [5.74, 6) is -0.879. The summed E-state index contributed by atoms with van der Waals surface area (Å²) in [6.07, 6.45) is -0.417. The summed E-state index contributed by atoms with van der Waals surface area (Å²) < 4.78 is 0. The van der Waals surface area contributed by atoms with Gasteiger partial charge in [0.25, 0.3) is 0 Å². The lowest BCUT2D eigenvalue weighted by Gasteiger charge is -2.09. The minimum absolute atomic E-state index is 0.00492. The van der Waals surface area contributed by atoms with Crippen molar-refractivity contribution in [1.82, 2.24) is 0 Å². The van der Waals surface area contributed by atoms with E-state index in [2.05, 4.69) is 0 Å². The van der Waals surface area contributed by atoms with Gasteiger partial charge in [0, 0.05) is 6.42 Å². The van der Waals surface area contributed by atoms with Crippen LogP contribution in [0.2, 0.25) is 0 Å². The van der Waals surface area contributed by atoms with E-state index < -0.39 is 12.1 Å². The molecule has 0 aliphatic rings. The van der Waals surface area contributed by atoms with Gasteiger partial charge in [-0.3, -0.25) is 4.79 Å². The number of aryl methyl sites for hydroxylation is 1. The first kappa shape index (κ1) is 10.7. The Morgan fingerprint density at radius 3 is 2.43 bits per heavy atom. The van der Waals surface area contributed by atoms with Crippen LogP contribution in [0, 0.1) is 6.92 Å². The van der Waals surface area contributed by atoms with Crippen molar-refractivity contribution in [2.75, 3.05) is 0 Å². The maximum atomic E-state index is 10.3. The fourth-order valence-electron chi connectivity index (χ4n) is 1.22. The molecular formula is C11H14O3. The molecule has 1 aromatic carbocycles. The van der Waals surface area contributed by atoms with E-state index in [9.17, 15) is 9.90 Å². The van der Waals surface area contributed by atoms with Gasteiger partial charge in [0.15, 0.2) is 0 Å². The summed E-state index contributed by atoms with van der Waals surface area (Å²) in [5, 5.41) is 18.0. The van der Waals surface area contributed by atoms with E-state index in [-0.39, 0.29) is 12.8 Å². The van der Waals surface area contributed by atoms with Gasteiger partial charge >= 0.3 is 5.97 Å². The first-order valence-corrected chi connectivity index (χ1v) is 4.56. The molecule has 1 unspecified atom stereocenters. The lowest BCUT2D eigenvalue weighted by molar-refractivity contribution is -0.137. The van der Waals surface area contributed by atoms with Crippen LogP contribution < -0.4 is 0 Å². The van der Waals surface area contributed by atoms with Crippen molar-refractivity contribution in [3.05, 3.63) is 35.4 Å². The third-order valence-electron chi connectivity index (χ3n) is 2.09. The summed E-state index contributed by atoms with van der Waals surface area (Å²) >= 11 is 0. The topological polar surface area (TPSA) is 57.5 Å². The van der Waals surface area contributed by atoms with Crippen molar-refractivity contribution in [2.24, 2.45) is 0 Å². The molecule has 0 saturated heterocycles. The molecule has 0 amide bonds. The largest absolute Gasteiger partial charge is 0.481 e. The lowest BCUT2D eigenvalue weighted by Crippen LogP contribution is -2.02. The molecule has 1 atom stereocenters. The number of benzene rings is 1. The Morgan fingerprint density at radius 1 is 1.36 bits per heavy atom. The molecule has 1 rings (SSSR count). The van der Waals surface area contributed by atoms with Crippen LogP contribution in [0.3, 0.4) is 0 Å². The quantitative estimate of drug-likeness (QED) is 0.769. The molecule has 0 radical (unpaired) electrons. The van der Waals surface area contributed by atoms with Crippen LogP contribution in [0.4, 0.5) is 0 Å². The van der Waals surface area contributed by atoms with Crippen LogP contribution in [0.25, 0.3) is 0 Å². The maximum Gasteiger partial charge on any atom is 0.303 e. The van der Waals surface area contributed by atoms with Gasteiger partial charge < -0.3 is 10.2 Å². The second-order valence-corrected chi connectivity index (χ2v) is 3.36. The Labute approximate surface area is 83.0 Å². The third-order valence-corrected chi connectivity index (χ3v) is 2.09. The zero-order chi connectivity index (χ0) is 10.6. The predicted octanol–water partition coefficient (Wildman–Crippen LogP) is 1.89. The van der Waals surface area contributed by atoms with Crippen LogP contribution in [0.1, 0.15) is 30.1 Å². The molecular weight excluding hydrogens is 180 g/mol. The predicted molar refractivity (Wildman–Crippen MR) is 53.0 cm³/mol. The van der Waals surface area contributed by atoms with Crippen molar-refractivity contribution >= 4 is 5.97 Å². The molecule has 0 heterocycles. The number of hydrogen-bond acceptors (Lipinski definition) is 2. The number of aliphatic hydroxyl groups excluding tert-OH is 1. The Morgan fingerprint density at radius 2 is 1.93 bits per heavy atom. The molecule has 0 aromatic heterocycles. The minimum Gasteiger partial charge on any atom is -0.481 e. The van der Waals surface area contributed by atoms with E-state index in [1.54, 1.807) is 0 Å². The van der Waals surface area contributed by atoms with Crippen LogP contribution in [-0.4, -0.2) is 16.2 Å². The smallest absolute Gasteiger partial charge is 0.303 e. The van der Waals surface area contributed by atoms with Crippen molar-refractivity contribution < 1.29 is 15.0 Å². The van der Waals surface area contributed by atoms with Gasteiger partial charge in [-0.1, -0.05) is 29.8 Å². The number of carboxylic acid groups (broad SMARTS) is 1. The second kappa shape index (κ2) is 4.77. The highest BCUT2D eigenvalue weighted by atomic mass is 16.4. The highest BCUT2D eigenvalue weighted by Crippen LogP contribution is 2.18. The summed E-state index contributed by atoms with van der Waals surface area (Å²) in [6.45, 7) is 1.97. The van der Waals surface area contributed by atoms with E-state index in [4.69, 9.17) is 5.11 Å².